The highest BCUT2D eigenvalue weighted by molar-refractivity contribution is 6.27. The third kappa shape index (κ3) is 15.3. The van der Waals surface area contributed by atoms with Gasteiger partial charge in [0.15, 0.2) is 0 Å². The first-order chi connectivity index (χ1) is 7.45. The number of nitrogens with two attached hydrogens (primary N) is 2. The summed E-state index contributed by atoms with van der Waals surface area (Å²) in [6.45, 7) is 3.76. The third-order valence-electron chi connectivity index (χ3n) is 1.67. The monoisotopic (exact) mass is 235 g/mol. The summed E-state index contributed by atoms with van der Waals surface area (Å²) in [6.07, 6.45) is 2.17. The molecule has 0 aromatic carbocycles. The van der Waals surface area contributed by atoms with Crippen molar-refractivity contribution in [1.29, 1.82) is 0 Å². The summed E-state index contributed by atoms with van der Waals surface area (Å²) in [5, 5.41) is 14.8. The fourth-order valence-electron chi connectivity index (χ4n) is 0.834. The Morgan fingerprint density at radius 3 is 1.50 bits per heavy atom. The third-order valence-corrected chi connectivity index (χ3v) is 1.67. The van der Waals surface area contributed by atoms with Crippen LogP contribution in [0.5, 0.6) is 0 Å². The van der Waals surface area contributed by atoms with Gasteiger partial charge in [0.05, 0.1) is 0 Å². The zero-order valence-corrected chi connectivity index (χ0v) is 9.56. The molecule has 0 heterocycles. The van der Waals surface area contributed by atoms with Gasteiger partial charge in [0.1, 0.15) is 0 Å². The second kappa shape index (κ2) is 11.9. The van der Waals surface area contributed by atoms with E-state index in [1.165, 1.54) is 0 Å². The molecule has 0 aliphatic heterocycles. The summed E-state index contributed by atoms with van der Waals surface area (Å²) in [6, 6.07) is 0. The Kier molecular flexibility index (Phi) is 12.8. The van der Waals surface area contributed by atoms with Gasteiger partial charge in [-0.15, -0.1) is 0 Å². The number of hydrogen-bond donors (Lipinski definition) is 4. The lowest BCUT2D eigenvalue weighted by atomic mass is 10.3. The molecule has 0 saturated carbocycles. The average Bonchev–Trinajstić information content (AvgIpc) is 2.24. The van der Waals surface area contributed by atoms with E-state index in [4.69, 9.17) is 31.3 Å². The maximum atomic E-state index is 9.10. The minimum atomic E-state index is -1.82. The SMILES string of the molecule is CN(CCCN)CCCN.O=C(O)C(=O)O. The van der Waals surface area contributed by atoms with Gasteiger partial charge >= 0.3 is 11.9 Å². The number of nitrogens with zero attached hydrogens (tertiary/aromatic N) is 1. The van der Waals surface area contributed by atoms with Crippen LogP contribution in [0.2, 0.25) is 0 Å². The van der Waals surface area contributed by atoms with Gasteiger partial charge in [-0.3, -0.25) is 0 Å². The average molecular weight is 235 g/mol. The van der Waals surface area contributed by atoms with E-state index in [0.29, 0.717) is 0 Å². The quantitative estimate of drug-likeness (QED) is 0.424. The second-order valence-electron chi connectivity index (χ2n) is 3.20. The van der Waals surface area contributed by atoms with Crippen molar-refractivity contribution in [2.24, 2.45) is 11.5 Å². The smallest absolute Gasteiger partial charge is 0.414 e. The first-order valence-electron chi connectivity index (χ1n) is 5.00. The Balaban J connectivity index is 0. The maximum absolute atomic E-state index is 9.10. The summed E-state index contributed by atoms with van der Waals surface area (Å²) >= 11 is 0. The number of carboxylic acids is 2. The van der Waals surface area contributed by atoms with Gasteiger partial charge in [0.25, 0.3) is 0 Å². The summed E-state index contributed by atoms with van der Waals surface area (Å²) in [5.41, 5.74) is 10.7. The van der Waals surface area contributed by atoms with Crippen molar-refractivity contribution >= 4 is 11.9 Å². The Hall–Kier alpha value is -1.18. The lowest BCUT2D eigenvalue weighted by molar-refractivity contribution is -0.159. The Labute approximate surface area is 95.0 Å². The van der Waals surface area contributed by atoms with Crippen molar-refractivity contribution in [3.8, 4) is 0 Å². The molecular formula is C9H21N3O4. The van der Waals surface area contributed by atoms with Gasteiger partial charge in [-0.05, 0) is 46.1 Å². The van der Waals surface area contributed by atoms with E-state index >= 15 is 0 Å². The molecule has 0 atom stereocenters. The van der Waals surface area contributed by atoms with Crippen LogP contribution in [0.3, 0.4) is 0 Å². The van der Waals surface area contributed by atoms with E-state index in [1.54, 1.807) is 0 Å². The van der Waals surface area contributed by atoms with Crippen molar-refractivity contribution in [3.63, 3.8) is 0 Å². The molecule has 0 radical (unpaired) electrons. The molecule has 7 nitrogen and oxygen atoms in total. The summed E-state index contributed by atoms with van der Waals surface area (Å²) in [4.78, 5) is 20.5. The fraction of sp³-hybridized carbons (Fsp3) is 0.778. The van der Waals surface area contributed by atoms with Crippen LogP contribution in [0.15, 0.2) is 0 Å². The van der Waals surface area contributed by atoms with Crippen molar-refractivity contribution in [2.45, 2.75) is 12.8 Å². The molecule has 16 heavy (non-hydrogen) atoms. The largest absolute Gasteiger partial charge is 0.473 e. The molecule has 0 aliphatic carbocycles. The molecule has 0 fully saturated rings. The first kappa shape index (κ1) is 17.2. The minimum absolute atomic E-state index is 0.785. The highest BCUT2D eigenvalue weighted by atomic mass is 16.4. The number of rotatable bonds is 6. The molecule has 0 aromatic heterocycles. The molecule has 6 N–H and O–H groups in total. The van der Waals surface area contributed by atoms with Crippen molar-refractivity contribution < 1.29 is 19.8 Å². The van der Waals surface area contributed by atoms with E-state index < -0.39 is 11.9 Å². The van der Waals surface area contributed by atoms with Crippen LogP contribution in [-0.4, -0.2) is 60.3 Å². The predicted octanol–water partition coefficient (Wildman–Crippen LogP) is -1.23. The lowest BCUT2D eigenvalue weighted by Gasteiger charge is -2.14. The number of hydrogen-bond acceptors (Lipinski definition) is 5. The molecule has 0 amide bonds. The molecule has 0 spiro atoms. The maximum Gasteiger partial charge on any atom is 0.414 e. The number of carboxylic acid groups (broad SMARTS) is 2. The van der Waals surface area contributed by atoms with Crippen LogP contribution < -0.4 is 11.5 Å². The molecule has 0 rings (SSSR count). The molecule has 96 valence electrons. The van der Waals surface area contributed by atoms with E-state index in [1.807, 2.05) is 0 Å². The second-order valence-corrected chi connectivity index (χ2v) is 3.20. The van der Waals surface area contributed by atoms with Crippen LogP contribution in [-0.2, 0) is 9.59 Å². The standard InChI is InChI=1S/C7H19N3.C2H2O4/c1-10(6-2-4-8)7-3-5-9;3-1(4)2(5)6/h2-9H2,1H3;(H,3,4)(H,5,6). The van der Waals surface area contributed by atoms with E-state index in [-0.39, 0.29) is 0 Å². The Bertz CT molecular complexity index is 179. The predicted molar refractivity (Wildman–Crippen MR) is 60.1 cm³/mol. The number of carbonyl (C=O) groups is 2. The molecule has 0 aromatic rings. The van der Waals surface area contributed by atoms with Gasteiger partial charge in [0.2, 0.25) is 0 Å². The Morgan fingerprint density at radius 1 is 1.00 bits per heavy atom. The van der Waals surface area contributed by atoms with Crippen molar-refractivity contribution in [3.05, 3.63) is 0 Å². The van der Waals surface area contributed by atoms with E-state index in [9.17, 15) is 0 Å². The topological polar surface area (TPSA) is 130 Å². The normalized spacial score (nSPS) is 9.50. The van der Waals surface area contributed by atoms with Crippen LogP contribution in [0.1, 0.15) is 12.8 Å². The fourth-order valence-corrected chi connectivity index (χ4v) is 0.834. The first-order valence-corrected chi connectivity index (χ1v) is 5.00. The molecule has 0 aliphatic rings. The van der Waals surface area contributed by atoms with Gasteiger partial charge in [-0.25, -0.2) is 9.59 Å². The highest BCUT2D eigenvalue weighted by Crippen LogP contribution is 1.87. The van der Waals surface area contributed by atoms with Gasteiger partial charge in [0, 0.05) is 0 Å². The van der Waals surface area contributed by atoms with Gasteiger partial charge < -0.3 is 26.6 Å². The molecular weight excluding hydrogens is 214 g/mol. The molecule has 7 heteroatoms. The van der Waals surface area contributed by atoms with E-state index in [0.717, 1.165) is 39.0 Å². The van der Waals surface area contributed by atoms with Crippen LogP contribution in [0.4, 0.5) is 0 Å². The number of aliphatic carboxylic acids is 2. The molecule has 0 saturated heterocycles. The van der Waals surface area contributed by atoms with Crippen LogP contribution in [0.25, 0.3) is 0 Å². The summed E-state index contributed by atoms with van der Waals surface area (Å²) in [5.74, 6) is -3.65. The highest BCUT2D eigenvalue weighted by Gasteiger charge is 2.04. The zero-order valence-electron chi connectivity index (χ0n) is 9.56. The summed E-state index contributed by atoms with van der Waals surface area (Å²) < 4.78 is 0. The summed E-state index contributed by atoms with van der Waals surface area (Å²) in [7, 11) is 2.10. The molecule has 0 bridgehead atoms. The lowest BCUT2D eigenvalue weighted by Crippen LogP contribution is -2.24. The zero-order chi connectivity index (χ0) is 13.0. The van der Waals surface area contributed by atoms with Crippen molar-refractivity contribution in [2.75, 3.05) is 33.2 Å². The van der Waals surface area contributed by atoms with Gasteiger partial charge in [-0.1, -0.05) is 0 Å². The van der Waals surface area contributed by atoms with Gasteiger partial charge in [-0.2, -0.15) is 0 Å². The van der Waals surface area contributed by atoms with Crippen molar-refractivity contribution in [1.82, 2.24) is 4.90 Å². The Morgan fingerprint density at radius 2 is 1.31 bits per heavy atom. The minimum Gasteiger partial charge on any atom is -0.473 e. The molecule has 0 unspecified atom stereocenters. The van der Waals surface area contributed by atoms with Crippen LogP contribution >= 0.6 is 0 Å². The van der Waals surface area contributed by atoms with E-state index in [2.05, 4.69) is 11.9 Å². The van der Waals surface area contributed by atoms with Crippen LogP contribution in [0, 0.1) is 0 Å².